The van der Waals surface area contributed by atoms with Crippen LogP contribution in [-0.2, 0) is 4.79 Å². The van der Waals surface area contributed by atoms with Crippen LogP contribution in [-0.4, -0.2) is 24.9 Å². The highest BCUT2D eigenvalue weighted by Gasteiger charge is 2.10. The highest BCUT2D eigenvalue weighted by atomic mass is 35.5. The van der Waals surface area contributed by atoms with Crippen LogP contribution in [0.15, 0.2) is 29.8 Å². The lowest BCUT2D eigenvalue weighted by Gasteiger charge is -2.08. The van der Waals surface area contributed by atoms with Gasteiger partial charge in [-0.25, -0.2) is 0 Å². The molecular weight excluding hydrogens is 224 g/mol. The molecule has 0 atom stereocenters. The zero-order valence-corrected chi connectivity index (χ0v) is 9.82. The third-order valence-electron chi connectivity index (χ3n) is 1.92. The number of hydrogen-bond donors (Lipinski definition) is 0. The number of likely N-dealkylation sites (N-methyl/N-ethyl adjacent to an activating group) is 1. The maximum atomic E-state index is 11.6. The number of carbonyl (C=O) groups excluding carboxylic acids is 1. The van der Waals surface area contributed by atoms with Crippen LogP contribution in [0.1, 0.15) is 5.56 Å². The van der Waals surface area contributed by atoms with E-state index in [1.165, 1.54) is 11.0 Å². The Balaban J connectivity index is 3.07. The Hall–Kier alpha value is -1.79. The second kappa shape index (κ2) is 5.34. The normalized spacial score (nSPS) is 10.8. The Bertz CT molecular complexity index is 472. The monoisotopic (exact) mass is 234 g/mol. The number of nitriles is 1. The summed E-state index contributed by atoms with van der Waals surface area (Å²) in [6.07, 6.45) is 1.52. The Morgan fingerprint density at radius 3 is 2.69 bits per heavy atom. The molecule has 0 aliphatic heterocycles. The molecule has 16 heavy (non-hydrogen) atoms. The molecule has 1 amide bonds. The van der Waals surface area contributed by atoms with Crippen molar-refractivity contribution in [2.75, 3.05) is 14.1 Å². The van der Waals surface area contributed by atoms with Gasteiger partial charge < -0.3 is 4.90 Å². The second-order valence-corrected chi connectivity index (χ2v) is 3.86. The summed E-state index contributed by atoms with van der Waals surface area (Å²) >= 11 is 5.81. The van der Waals surface area contributed by atoms with Crippen LogP contribution < -0.4 is 0 Å². The summed E-state index contributed by atoms with van der Waals surface area (Å²) < 4.78 is 0. The van der Waals surface area contributed by atoms with Crippen molar-refractivity contribution >= 4 is 23.6 Å². The first-order valence-electron chi connectivity index (χ1n) is 4.63. The predicted octanol–water partition coefficient (Wildman–Crippen LogP) is 2.34. The number of amides is 1. The molecule has 1 rings (SSSR count). The molecule has 1 aromatic carbocycles. The smallest absolute Gasteiger partial charge is 0.264 e. The molecular formula is C12H11ClN2O. The van der Waals surface area contributed by atoms with Gasteiger partial charge >= 0.3 is 0 Å². The van der Waals surface area contributed by atoms with Crippen molar-refractivity contribution < 1.29 is 4.79 Å². The molecule has 0 aliphatic rings. The molecule has 0 aliphatic carbocycles. The molecule has 0 unspecified atom stereocenters. The Labute approximate surface area is 99.5 Å². The first-order chi connectivity index (χ1) is 7.54. The molecule has 4 heteroatoms. The molecule has 0 bridgehead atoms. The van der Waals surface area contributed by atoms with Crippen LogP contribution in [0.2, 0.25) is 5.02 Å². The minimum atomic E-state index is -0.317. The molecule has 0 heterocycles. The maximum absolute atomic E-state index is 11.6. The first-order valence-corrected chi connectivity index (χ1v) is 5.01. The van der Waals surface area contributed by atoms with E-state index in [0.29, 0.717) is 5.02 Å². The van der Waals surface area contributed by atoms with Gasteiger partial charge in [0.1, 0.15) is 11.6 Å². The van der Waals surface area contributed by atoms with Gasteiger partial charge in [-0.15, -0.1) is 0 Å². The van der Waals surface area contributed by atoms with Gasteiger partial charge in [0.05, 0.1) is 0 Å². The summed E-state index contributed by atoms with van der Waals surface area (Å²) in [5.74, 6) is -0.317. The molecule has 0 N–H and O–H groups in total. The molecule has 1 aromatic rings. The molecule has 0 radical (unpaired) electrons. The van der Waals surface area contributed by atoms with Gasteiger partial charge in [0.15, 0.2) is 0 Å². The van der Waals surface area contributed by atoms with E-state index < -0.39 is 0 Å². The second-order valence-electron chi connectivity index (χ2n) is 3.42. The zero-order valence-electron chi connectivity index (χ0n) is 9.07. The minimum Gasteiger partial charge on any atom is -0.344 e. The lowest BCUT2D eigenvalue weighted by atomic mass is 10.1. The lowest BCUT2D eigenvalue weighted by molar-refractivity contribution is -0.124. The van der Waals surface area contributed by atoms with Crippen LogP contribution in [0, 0.1) is 11.3 Å². The number of halogens is 1. The fourth-order valence-electron chi connectivity index (χ4n) is 1.15. The van der Waals surface area contributed by atoms with Gasteiger partial charge in [-0.05, 0) is 23.8 Å². The van der Waals surface area contributed by atoms with Gasteiger partial charge in [-0.3, -0.25) is 4.79 Å². The highest BCUT2D eigenvalue weighted by Crippen LogP contribution is 2.14. The third kappa shape index (κ3) is 3.11. The average Bonchev–Trinajstić information content (AvgIpc) is 2.25. The van der Waals surface area contributed by atoms with Crippen LogP contribution in [0.3, 0.4) is 0 Å². The summed E-state index contributed by atoms with van der Waals surface area (Å²) in [5.41, 5.74) is 0.825. The van der Waals surface area contributed by atoms with Gasteiger partial charge in [-0.1, -0.05) is 23.7 Å². The van der Waals surface area contributed by atoms with E-state index in [9.17, 15) is 4.79 Å². The number of nitrogens with zero attached hydrogens (tertiary/aromatic N) is 2. The van der Waals surface area contributed by atoms with E-state index in [-0.39, 0.29) is 11.5 Å². The minimum absolute atomic E-state index is 0.0901. The number of benzene rings is 1. The van der Waals surface area contributed by atoms with Crippen LogP contribution >= 0.6 is 11.6 Å². The molecule has 0 saturated carbocycles. The highest BCUT2D eigenvalue weighted by molar-refractivity contribution is 6.30. The fourth-order valence-corrected chi connectivity index (χ4v) is 1.34. The van der Waals surface area contributed by atoms with Crippen molar-refractivity contribution in [1.82, 2.24) is 4.90 Å². The maximum Gasteiger partial charge on any atom is 0.264 e. The topological polar surface area (TPSA) is 44.1 Å². The van der Waals surface area contributed by atoms with Crippen molar-refractivity contribution in [1.29, 1.82) is 5.26 Å². The predicted molar refractivity (Wildman–Crippen MR) is 63.7 cm³/mol. The Kier molecular flexibility index (Phi) is 4.10. The summed E-state index contributed by atoms with van der Waals surface area (Å²) in [7, 11) is 3.21. The van der Waals surface area contributed by atoms with Gasteiger partial charge in [0.2, 0.25) is 0 Å². The number of rotatable bonds is 2. The van der Waals surface area contributed by atoms with Crippen molar-refractivity contribution in [3.05, 3.63) is 40.4 Å². The summed E-state index contributed by atoms with van der Waals surface area (Å²) in [6, 6.07) is 8.86. The fraction of sp³-hybridized carbons (Fsp3) is 0.167. The molecule has 0 spiro atoms. The number of hydrogen-bond acceptors (Lipinski definition) is 2. The third-order valence-corrected chi connectivity index (χ3v) is 2.15. The molecule has 3 nitrogen and oxygen atoms in total. The van der Waals surface area contributed by atoms with Crippen molar-refractivity contribution in [3.8, 4) is 6.07 Å². The van der Waals surface area contributed by atoms with E-state index >= 15 is 0 Å². The van der Waals surface area contributed by atoms with Gasteiger partial charge in [0, 0.05) is 19.1 Å². The van der Waals surface area contributed by atoms with E-state index in [0.717, 1.165) is 5.56 Å². The molecule has 0 fully saturated rings. The van der Waals surface area contributed by atoms with Crippen molar-refractivity contribution in [2.24, 2.45) is 0 Å². The van der Waals surface area contributed by atoms with E-state index in [2.05, 4.69) is 0 Å². The van der Waals surface area contributed by atoms with Crippen LogP contribution in [0.25, 0.3) is 6.08 Å². The van der Waals surface area contributed by atoms with E-state index in [1.54, 1.807) is 38.4 Å². The van der Waals surface area contributed by atoms with E-state index in [1.807, 2.05) is 6.07 Å². The number of carbonyl (C=O) groups is 1. The van der Waals surface area contributed by atoms with Gasteiger partial charge in [0.25, 0.3) is 5.91 Å². The quantitative estimate of drug-likeness (QED) is 0.582. The SMILES string of the molecule is CN(C)C(=O)/C(C#N)=C\c1cccc(Cl)c1. The van der Waals surface area contributed by atoms with Gasteiger partial charge in [-0.2, -0.15) is 5.26 Å². The molecule has 82 valence electrons. The van der Waals surface area contributed by atoms with E-state index in [4.69, 9.17) is 16.9 Å². The summed E-state index contributed by atoms with van der Waals surface area (Å²) in [4.78, 5) is 12.9. The van der Waals surface area contributed by atoms with Crippen molar-refractivity contribution in [3.63, 3.8) is 0 Å². The van der Waals surface area contributed by atoms with Crippen LogP contribution in [0.4, 0.5) is 0 Å². The Morgan fingerprint density at radius 2 is 2.19 bits per heavy atom. The first kappa shape index (κ1) is 12.3. The molecule has 0 aromatic heterocycles. The zero-order chi connectivity index (χ0) is 12.1. The summed E-state index contributed by atoms with van der Waals surface area (Å²) in [6.45, 7) is 0. The standard InChI is InChI=1S/C12H11ClN2O/c1-15(2)12(16)10(8-14)6-9-4-3-5-11(13)7-9/h3-7H,1-2H3/b10-6-. The summed E-state index contributed by atoms with van der Waals surface area (Å²) in [5, 5.41) is 9.45. The average molecular weight is 235 g/mol. The Morgan fingerprint density at radius 1 is 1.50 bits per heavy atom. The van der Waals surface area contributed by atoms with Crippen molar-refractivity contribution in [2.45, 2.75) is 0 Å². The molecule has 0 saturated heterocycles. The lowest BCUT2D eigenvalue weighted by Crippen LogP contribution is -2.22. The van der Waals surface area contributed by atoms with Crippen LogP contribution in [0.5, 0.6) is 0 Å². The largest absolute Gasteiger partial charge is 0.344 e.